The van der Waals surface area contributed by atoms with Crippen molar-refractivity contribution in [3.63, 3.8) is 0 Å². The number of benzene rings is 3. The lowest BCUT2D eigenvalue weighted by Crippen LogP contribution is -2.23. The number of hydrogen-bond donors (Lipinski definition) is 0. The molecule has 0 radical (unpaired) electrons. The van der Waals surface area contributed by atoms with Gasteiger partial charge in [0, 0.05) is 32.0 Å². The van der Waals surface area contributed by atoms with Gasteiger partial charge < -0.3 is 0 Å². The van der Waals surface area contributed by atoms with E-state index in [1.54, 1.807) is 24.3 Å². The normalized spacial score (nSPS) is 12.7. The van der Waals surface area contributed by atoms with Crippen LogP contribution in [0.3, 0.4) is 0 Å². The van der Waals surface area contributed by atoms with Crippen LogP contribution in [-0.4, -0.2) is 11.6 Å². The Bertz CT molecular complexity index is 1020. The molecule has 25 heavy (non-hydrogen) atoms. The minimum Gasteiger partial charge on any atom is -0.289 e. The SMILES string of the molecule is Cc1cc(Sc2ccccc2)c2c(c1C)C(=O)c1ccccc1C2=O. The zero-order valence-electron chi connectivity index (χ0n) is 14.0. The molecule has 0 amide bonds. The second-order valence-electron chi connectivity index (χ2n) is 6.19. The van der Waals surface area contributed by atoms with Crippen molar-refractivity contribution >= 4 is 23.3 Å². The van der Waals surface area contributed by atoms with Gasteiger partial charge in [-0.25, -0.2) is 0 Å². The number of carbonyl (C=O) groups excluding carboxylic acids is 2. The lowest BCUT2D eigenvalue weighted by molar-refractivity contribution is 0.0976. The molecule has 3 aromatic carbocycles. The molecule has 2 nitrogen and oxygen atoms in total. The highest BCUT2D eigenvalue weighted by Gasteiger charge is 2.33. The Labute approximate surface area is 150 Å². The third-order valence-corrected chi connectivity index (χ3v) is 5.70. The molecule has 0 fully saturated rings. The molecule has 0 heterocycles. The van der Waals surface area contributed by atoms with Crippen molar-refractivity contribution in [3.8, 4) is 0 Å². The number of fused-ring (bicyclic) bond motifs is 2. The van der Waals surface area contributed by atoms with E-state index < -0.39 is 0 Å². The Morgan fingerprint density at radius 1 is 0.720 bits per heavy atom. The van der Waals surface area contributed by atoms with Gasteiger partial charge in [0.1, 0.15) is 0 Å². The van der Waals surface area contributed by atoms with Gasteiger partial charge in [-0.2, -0.15) is 0 Å². The Kier molecular flexibility index (Phi) is 3.81. The maximum absolute atomic E-state index is 13.2. The van der Waals surface area contributed by atoms with E-state index in [4.69, 9.17) is 0 Å². The Hall–Kier alpha value is -2.65. The van der Waals surface area contributed by atoms with Crippen LogP contribution in [0.2, 0.25) is 0 Å². The molecule has 1 aliphatic carbocycles. The first-order valence-corrected chi connectivity index (χ1v) is 8.95. The molecule has 0 atom stereocenters. The van der Waals surface area contributed by atoms with E-state index in [-0.39, 0.29) is 11.6 Å². The average molecular weight is 344 g/mol. The number of hydrogen-bond acceptors (Lipinski definition) is 3. The van der Waals surface area contributed by atoms with Crippen LogP contribution in [-0.2, 0) is 0 Å². The van der Waals surface area contributed by atoms with E-state index in [0.717, 1.165) is 20.9 Å². The van der Waals surface area contributed by atoms with Crippen molar-refractivity contribution < 1.29 is 9.59 Å². The molecule has 0 saturated heterocycles. The van der Waals surface area contributed by atoms with Gasteiger partial charge in [-0.15, -0.1) is 0 Å². The molecule has 0 aromatic heterocycles. The average Bonchev–Trinajstić information content (AvgIpc) is 2.63. The number of rotatable bonds is 2. The van der Waals surface area contributed by atoms with E-state index in [0.29, 0.717) is 22.3 Å². The summed E-state index contributed by atoms with van der Waals surface area (Å²) < 4.78 is 0. The van der Waals surface area contributed by atoms with E-state index in [1.165, 1.54) is 11.8 Å². The minimum absolute atomic E-state index is 0.0543. The Balaban J connectivity index is 1.96. The van der Waals surface area contributed by atoms with E-state index in [9.17, 15) is 9.59 Å². The highest BCUT2D eigenvalue weighted by atomic mass is 32.2. The van der Waals surface area contributed by atoms with Crippen molar-refractivity contribution in [1.29, 1.82) is 0 Å². The summed E-state index contributed by atoms with van der Waals surface area (Å²) >= 11 is 1.53. The Morgan fingerprint density at radius 2 is 1.28 bits per heavy atom. The maximum atomic E-state index is 13.2. The summed E-state index contributed by atoms with van der Waals surface area (Å²) in [7, 11) is 0. The third-order valence-electron chi connectivity index (χ3n) is 4.65. The van der Waals surface area contributed by atoms with Gasteiger partial charge in [-0.3, -0.25) is 9.59 Å². The molecule has 3 aromatic rings. The van der Waals surface area contributed by atoms with Crippen molar-refractivity contribution in [2.45, 2.75) is 23.6 Å². The van der Waals surface area contributed by atoms with E-state index in [2.05, 4.69) is 0 Å². The van der Waals surface area contributed by atoms with Gasteiger partial charge in [-0.05, 0) is 43.2 Å². The fourth-order valence-electron chi connectivity index (χ4n) is 3.24. The summed E-state index contributed by atoms with van der Waals surface area (Å²) in [5.74, 6) is -0.118. The summed E-state index contributed by atoms with van der Waals surface area (Å²) in [4.78, 5) is 28.1. The molecule has 3 heteroatoms. The van der Waals surface area contributed by atoms with Crippen molar-refractivity contribution in [2.24, 2.45) is 0 Å². The minimum atomic E-state index is -0.0632. The third kappa shape index (κ3) is 2.52. The highest BCUT2D eigenvalue weighted by Crippen LogP contribution is 2.39. The first kappa shape index (κ1) is 15.9. The van der Waals surface area contributed by atoms with E-state index in [1.807, 2.05) is 50.2 Å². The molecule has 122 valence electrons. The summed E-state index contributed by atoms with van der Waals surface area (Å²) in [6.45, 7) is 3.91. The summed E-state index contributed by atoms with van der Waals surface area (Å²) in [5, 5.41) is 0. The van der Waals surface area contributed by atoms with Gasteiger partial charge in [-0.1, -0.05) is 54.2 Å². The second-order valence-corrected chi connectivity index (χ2v) is 7.30. The molecule has 4 rings (SSSR count). The van der Waals surface area contributed by atoms with Crippen LogP contribution in [0.5, 0.6) is 0 Å². The highest BCUT2D eigenvalue weighted by molar-refractivity contribution is 7.99. The lowest BCUT2D eigenvalue weighted by atomic mass is 9.81. The molecule has 0 saturated carbocycles. The lowest BCUT2D eigenvalue weighted by Gasteiger charge is -2.23. The van der Waals surface area contributed by atoms with Crippen molar-refractivity contribution in [3.05, 3.63) is 94.0 Å². The predicted molar refractivity (Wildman–Crippen MR) is 99.8 cm³/mol. The smallest absolute Gasteiger partial charge is 0.195 e. The van der Waals surface area contributed by atoms with Gasteiger partial charge in [0.2, 0.25) is 0 Å². The zero-order valence-corrected chi connectivity index (χ0v) is 14.8. The van der Waals surface area contributed by atoms with Gasteiger partial charge in [0.05, 0.1) is 0 Å². The number of ketones is 2. The summed E-state index contributed by atoms with van der Waals surface area (Å²) in [5.41, 5.74) is 4.02. The molecule has 0 unspecified atom stereocenters. The second kappa shape index (κ2) is 6.01. The standard InChI is InChI=1S/C22H16O2S/c1-13-12-18(25-15-8-4-3-5-9-15)20-19(14(13)2)21(23)16-10-6-7-11-17(16)22(20)24/h3-12H,1-2H3. The molecular weight excluding hydrogens is 328 g/mol. The van der Waals surface area contributed by atoms with Crippen LogP contribution in [0.4, 0.5) is 0 Å². The molecule has 1 aliphatic rings. The van der Waals surface area contributed by atoms with Crippen LogP contribution < -0.4 is 0 Å². The number of carbonyl (C=O) groups is 2. The van der Waals surface area contributed by atoms with Crippen LogP contribution in [0, 0.1) is 13.8 Å². The molecule has 0 aliphatic heterocycles. The van der Waals surface area contributed by atoms with Gasteiger partial charge in [0.15, 0.2) is 11.6 Å². The molecule has 0 N–H and O–H groups in total. The summed E-state index contributed by atoms with van der Waals surface area (Å²) in [6, 6.07) is 19.0. The van der Waals surface area contributed by atoms with Crippen LogP contribution in [0.1, 0.15) is 43.0 Å². The first-order valence-electron chi connectivity index (χ1n) is 8.13. The number of aryl methyl sites for hydroxylation is 1. The van der Waals surface area contributed by atoms with Crippen molar-refractivity contribution in [2.75, 3.05) is 0 Å². The Morgan fingerprint density at radius 3 is 1.92 bits per heavy atom. The topological polar surface area (TPSA) is 34.1 Å². The molecule has 0 spiro atoms. The monoisotopic (exact) mass is 344 g/mol. The van der Waals surface area contributed by atoms with Gasteiger partial charge in [0.25, 0.3) is 0 Å². The largest absolute Gasteiger partial charge is 0.289 e. The van der Waals surface area contributed by atoms with Crippen molar-refractivity contribution in [1.82, 2.24) is 0 Å². The summed E-state index contributed by atoms with van der Waals surface area (Å²) in [6.07, 6.45) is 0. The zero-order chi connectivity index (χ0) is 17.6. The van der Waals surface area contributed by atoms with Crippen LogP contribution in [0.15, 0.2) is 70.5 Å². The fraction of sp³-hybridized carbons (Fsp3) is 0.0909. The van der Waals surface area contributed by atoms with Gasteiger partial charge >= 0.3 is 0 Å². The molecular formula is C22H16O2S. The maximum Gasteiger partial charge on any atom is 0.195 e. The van der Waals surface area contributed by atoms with E-state index >= 15 is 0 Å². The molecule has 0 bridgehead atoms. The quantitative estimate of drug-likeness (QED) is 0.499. The first-order chi connectivity index (χ1) is 12.1. The van der Waals surface area contributed by atoms with Crippen LogP contribution in [0.25, 0.3) is 0 Å². The van der Waals surface area contributed by atoms with Crippen LogP contribution >= 0.6 is 11.8 Å². The predicted octanol–water partition coefficient (Wildman–Crippen LogP) is 5.23. The fourth-order valence-corrected chi connectivity index (χ4v) is 4.32.